The van der Waals surface area contributed by atoms with Crippen molar-refractivity contribution in [2.24, 2.45) is 0 Å². The number of hydrogen-bond acceptors (Lipinski definition) is 3. The maximum Gasteiger partial charge on any atom is 0.511 e. The molecule has 0 aromatic carbocycles. The minimum Gasteiger partial charge on any atom is -0.449 e. The van der Waals surface area contributed by atoms with Crippen molar-refractivity contribution >= 4 is 23.3 Å². The molecule has 2 rings (SSSR count). The first-order chi connectivity index (χ1) is 6.66. The van der Waals surface area contributed by atoms with E-state index < -0.39 is 6.16 Å². The first-order valence-electron chi connectivity index (χ1n) is 3.70. The number of nitrogens with zero attached hydrogens (tertiary/aromatic N) is 2. The van der Waals surface area contributed by atoms with Crippen molar-refractivity contribution < 1.29 is 14.6 Å². The van der Waals surface area contributed by atoms with Crippen molar-refractivity contribution in [3.63, 3.8) is 0 Å². The molecule has 2 aromatic rings. The Hall–Kier alpha value is -1.75. The summed E-state index contributed by atoms with van der Waals surface area (Å²) in [6.07, 6.45) is 1.69. The third kappa shape index (κ3) is 1.49. The van der Waals surface area contributed by atoms with Crippen LogP contribution in [0.25, 0.3) is 5.52 Å². The Kier molecular flexibility index (Phi) is 2.01. The fraction of sp³-hybridized carbons (Fsp3) is 0. The minimum atomic E-state index is -1.36. The molecule has 0 bridgehead atoms. The zero-order valence-electron chi connectivity index (χ0n) is 6.85. The lowest BCUT2D eigenvalue weighted by Gasteiger charge is -1.99. The van der Waals surface area contributed by atoms with E-state index in [1.54, 1.807) is 6.20 Å². The van der Waals surface area contributed by atoms with Crippen LogP contribution in [0.1, 0.15) is 0 Å². The van der Waals surface area contributed by atoms with Crippen LogP contribution in [0, 0.1) is 0 Å². The van der Waals surface area contributed by atoms with Gasteiger partial charge in [0.2, 0.25) is 0 Å². The van der Waals surface area contributed by atoms with E-state index in [1.807, 2.05) is 0 Å². The highest BCUT2D eigenvalue weighted by molar-refractivity contribution is 6.33. The third-order valence-corrected chi connectivity index (χ3v) is 1.94. The van der Waals surface area contributed by atoms with Crippen molar-refractivity contribution in [1.29, 1.82) is 0 Å². The number of ether oxygens (including phenoxy) is 1. The molecule has 0 unspecified atom stereocenters. The van der Waals surface area contributed by atoms with Gasteiger partial charge in [0.1, 0.15) is 5.75 Å². The highest BCUT2D eigenvalue weighted by atomic mass is 35.5. The van der Waals surface area contributed by atoms with Gasteiger partial charge in [-0.2, -0.15) is 5.10 Å². The fourth-order valence-electron chi connectivity index (χ4n) is 1.10. The number of fused-ring (bicyclic) bond motifs is 1. The van der Waals surface area contributed by atoms with Gasteiger partial charge in [0, 0.05) is 12.3 Å². The number of pyridine rings is 1. The summed E-state index contributed by atoms with van der Waals surface area (Å²) in [6, 6.07) is 2.99. The van der Waals surface area contributed by atoms with Crippen molar-refractivity contribution in [1.82, 2.24) is 9.61 Å². The van der Waals surface area contributed by atoms with Crippen LogP contribution in [0.3, 0.4) is 0 Å². The summed E-state index contributed by atoms with van der Waals surface area (Å²) in [5.41, 5.74) is 0.602. The van der Waals surface area contributed by atoms with Crippen molar-refractivity contribution in [2.45, 2.75) is 0 Å². The molecule has 72 valence electrons. The smallest absolute Gasteiger partial charge is 0.449 e. The van der Waals surface area contributed by atoms with Crippen LogP contribution >= 0.6 is 11.6 Å². The van der Waals surface area contributed by atoms with Gasteiger partial charge in [-0.3, -0.25) is 0 Å². The molecular formula is C8H5ClN2O3. The molecule has 0 amide bonds. The number of hydrogen-bond donors (Lipinski definition) is 1. The van der Waals surface area contributed by atoms with Crippen molar-refractivity contribution in [3.05, 3.63) is 29.5 Å². The van der Waals surface area contributed by atoms with Gasteiger partial charge >= 0.3 is 6.16 Å². The summed E-state index contributed by atoms with van der Waals surface area (Å²) in [5.74, 6) is 0.215. The summed E-state index contributed by atoms with van der Waals surface area (Å²) >= 11 is 5.79. The highest BCUT2D eigenvalue weighted by Gasteiger charge is 2.05. The molecule has 0 saturated carbocycles. The van der Waals surface area contributed by atoms with Crippen LogP contribution in [0.15, 0.2) is 24.5 Å². The van der Waals surface area contributed by atoms with Crippen LogP contribution < -0.4 is 4.74 Å². The van der Waals surface area contributed by atoms with E-state index >= 15 is 0 Å². The molecule has 14 heavy (non-hydrogen) atoms. The lowest BCUT2D eigenvalue weighted by atomic mass is 10.4. The zero-order valence-corrected chi connectivity index (χ0v) is 7.60. The average Bonchev–Trinajstić information content (AvgIpc) is 2.47. The largest absolute Gasteiger partial charge is 0.511 e. The molecule has 0 radical (unpaired) electrons. The van der Waals surface area contributed by atoms with Crippen LogP contribution in [0.4, 0.5) is 4.79 Å². The van der Waals surface area contributed by atoms with Crippen molar-refractivity contribution in [3.8, 4) is 5.75 Å². The van der Waals surface area contributed by atoms with E-state index in [-0.39, 0.29) is 5.75 Å². The van der Waals surface area contributed by atoms with E-state index in [2.05, 4.69) is 9.84 Å². The van der Waals surface area contributed by atoms with Crippen LogP contribution in [-0.4, -0.2) is 20.9 Å². The maximum atomic E-state index is 10.3. The molecule has 2 aromatic heterocycles. The van der Waals surface area contributed by atoms with Gasteiger partial charge in [0.05, 0.1) is 16.7 Å². The average molecular weight is 213 g/mol. The number of carboxylic acid groups (broad SMARTS) is 1. The molecule has 0 atom stereocenters. The second-order valence-electron chi connectivity index (χ2n) is 2.55. The summed E-state index contributed by atoms with van der Waals surface area (Å²) in [7, 11) is 0. The van der Waals surface area contributed by atoms with Gasteiger partial charge in [0.25, 0.3) is 0 Å². The normalized spacial score (nSPS) is 10.4. The lowest BCUT2D eigenvalue weighted by Crippen LogP contribution is -2.03. The van der Waals surface area contributed by atoms with Gasteiger partial charge in [-0.25, -0.2) is 9.31 Å². The van der Waals surface area contributed by atoms with Gasteiger partial charge in [0.15, 0.2) is 0 Å². The molecule has 0 aliphatic heterocycles. The Morgan fingerprint density at radius 1 is 1.64 bits per heavy atom. The second-order valence-corrected chi connectivity index (χ2v) is 2.96. The van der Waals surface area contributed by atoms with Crippen LogP contribution in [0.5, 0.6) is 5.75 Å². The third-order valence-electron chi connectivity index (χ3n) is 1.65. The molecular weight excluding hydrogens is 208 g/mol. The number of aromatic nitrogens is 2. The topological polar surface area (TPSA) is 63.8 Å². The van der Waals surface area contributed by atoms with Crippen LogP contribution in [-0.2, 0) is 0 Å². The minimum absolute atomic E-state index is 0.215. The van der Waals surface area contributed by atoms with E-state index in [0.29, 0.717) is 10.5 Å². The molecule has 0 saturated heterocycles. The maximum absolute atomic E-state index is 10.3. The molecule has 5 nitrogen and oxygen atoms in total. The predicted octanol–water partition coefficient (Wildman–Crippen LogP) is 2.04. The van der Waals surface area contributed by atoms with E-state index in [1.165, 1.54) is 22.8 Å². The first kappa shape index (κ1) is 8.83. The zero-order chi connectivity index (χ0) is 10.1. The first-order valence-corrected chi connectivity index (χ1v) is 4.08. The Morgan fingerprint density at radius 3 is 3.14 bits per heavy atom. The van der Waals surface area contributed by atoms with E-state index in [0.717, 1.165) is 0 Å². The molecule has 6 heteroatoms. The molecule has 0 aliphatic carbocycles. The standard InChI is InChI=1S/C8H5ClN2O3/c9-6-4-10-11-2-1-5(3-7(6)11)14-8(12)13/h1-4H,(H,12,13). The van der Waals surface area contributed by atoms with E-state index in [9.17, 15) is 4.79 Å². The Bertz CT molecular complexity index is 494. The molecule has 1 N–H and O–H groups in total. The van der Waals surface area contributed by atoms with E-state index in [4.69, 9.17) is 16.7 Å². The molecule has 0 fully saturated rings. The SMILES string of the molecule is O=C(O)Oc1ccn2ncc(Cl)c2c1. The molecule has 0 spiro atoms. The lowest BCUT2D eigenvalue weighted by molar-refractivity contribution is 0.144. The predicted molar refractivity (Wildman–Crippen MR) is 48.9 cm³/mol. The summed E-state index contributed by atoms with van der Waals surface area (Å²) in [6.45, 7) is 0. The summed E-state index contributed by atoms with van der Waals surface area (Å²) in [5, 5.41) is 12.7. The number of rotatable bonds is 1. The summed E-state index contributed by atoms with van der Waals surface area (Å²) < 4.78 is 5.99. The highest BCUT2D eigenvalue weighted by Crippen LogP contribution is 2.21. The molecule has 0 aliphatic rings. The Labute approximate surface area is 83.5 Å². The summed E-state index contributed by atoms with van der Waals surface area (Å²) in [4.78, 5) is 10.3. The number of carbonyl (C=O) groups is 1. The van der Waals surface area contributed by atoms with Crippen molar-refractivity contribution in [2.75, 3.05) is 0 Å². The Morgan fingerprint density at radius 2 is 2.43 bits per heavy atom. The van der Waals surface area contributed by atoms with Gasteiger partial charge < -0.3 is 9.84 Å². The van der Waals surface area contributed by atoms with Gasteiger partial charge in [-0.15, -0.1) is 0 Å². The quantitative estimate of drug-likeness (QED) is 0.735. The second kappa shape index (κ2) is 3.19. The van der Waals surface area contributed by atoms with Crippen LogP contribution in [0.2, 0.25) is 5.02 Å². The fourth-order valence-corrected chi connectivity index (χ4v) is 1.28. The number of halogens is 1. The monoisotopic (exact) mass is 212 g/mol. The Balaban J connectivity index is 2.49. The molecule has 2 heterocycles. The van der Waals surface area contributed by atoms with Gasteiger partial charge in [-0.1, -0.05) is 11.6 Å². The van der Waals surface area contributed by atoms with Gasteiger partial charge in [-0.05, 0) is 6.07 Å².